The molecule has 0 unspecified atom stereocenters. The Morgan fingerprint density at radius 1 is 1.14 bits per heavy atom. The Morgan fingerprint density at radius 2 is 1.83 bits per heavy atom. The minimum absolute atomic E-state index is 0.00376. The minimum Gasteiger partial charge on any atom is -0.444 e. The highest BCUT2D eigenvalue weighted by Gasteiger charge is 2.25. The lowest BCUT2D eigenvalue weighted by molar-refractivity contribution is -0.383. The zero-order valence-corrected chi connectivity index (χ0v) is 20.9. The molecule has 194 valence electrons. The van der Waals surface area contributed by atoms with Crippen LogP contribution in [-0.2, 0) is 19.1 Å². The van der Waals surface area contributed by atoms with Crippen molar-refractivity contribution in [2.75, 3.05) is 24.3 Å². The minimum atomic E-state index is -1.14. The lowest BCUT2D eigenvalue weighted by Gasteiger charge is -2.23. The first kappa shape index (κ1) is 29.6. The van der Waals surface area contributed by atoms with Crippen molar-refractivity contribution < 1.29 is 33.6 Å². The molecule has 13 nitrogen and oxygen atoms in total. The fourth-order valence-electron chi connectivity index (χ4n) is 2.37. The summed E-state index contributed by atoms with van der Waals surface area (Å²) < 4.78 is 10.6. The van der Waals surface area contributed by atoms with E-state index in [4.69, 9.17) is 9.47 Å². The van der Waals surface area contributed by atoms with Crippen molar-refractivity contribution in [3.63, 3.8) is 0 Å². The standard InChI is InChI=1S/C21H31N5O8S/c1-5-6-11-33-12-15(23-19(29)34-21(2,3)4)18(28)24-25-20(30)35-13-17(27)22-14-9-7-8-10-16(14)26(31)32/h7-10,15H,5-6,11-13H2,1-4H3,(H,22,27)(H,23,29)(H,24,28)(H,25,30)/t15-/m0/s1. The Morgan fingerprint density at radius 3 is 2.46 bits per heavy atom. The zero-order valence-electron chi connectivity index (χ0n) is 20.0. The molecular weight excluding hydrogens is 482 g/mol. The first-order chi connectivity index (χ1) is 16.4. The van der Waals surface area contributed by atoms with Crippen LogP contribution in [0.2, 0.25) is 0 Å². The lowest BCUT2D eigenvalue weighted by atomic mass is 10.2. The Kier molecular flexibility index (Phi) is 12.5. The fraction of sp³-hybridized carbons (Fsp3) is 0.524. The van der Waals surface area contributed by atoms with Gasteiger partial charge in [-0.25, -0.2) is 4.79 Å². The van der Waals surface area contributed by atoms with Gasteiger partial charge in [0.1, 0.15) is 17.3 Å². The normalized spacial score (nSPS) is 11.7. The molecule has 4 amide bonds. The van der Waals surface area contributed by atoms with Crippen LogP contribution in [0.1, 0.15) is 40.5 Å². The summed E-state index contributed by atoms with van der Waals surface area (Å²) >= 11 is 0.528. The number of thioether (sulfide) groups is 1. The molecule has 14 heteroatoms. The van der Waals surface area contributed by atoms with Crippen molar-refractivity contribution in [2.24, 2.45) is 0 Å². The summed E-state index contributed by atoms with van der Waals surface area (Å²) in [7, 11) is 0. The number of carbonyl (C=O) groups is 4. The molecule has 0 fully saturated rings. The Hall–Kier alpha value is -3.39. The summed E-state index contributed by atoms with van der Waals surface area (Å²) in [6.45, 7) is 7.22. The van der Waals surface area contributed by atoms with Crippen LogP contribution < -0.4 is 21.5 Å². The van der Waals surface area contributed by atoms with E-state index in [1.807, 2.05) is 6.92 Å². The maximum absolute atomic E-state index is 12.5. The first-order valence-electron chi connectivity index (χ1n) is 10.8. The molecule has 0 aliphatic heterocycles. The highest BCUT2D eigenvalue weighted by atomic mass is 32.2. The summed E-state index contributed by atoms with van der Waals surface area (Å²) in [6, 6.07) is 4.43. The summed E-state index contributed by atoms with van der Waals surface area (Å²) in [5.41, 5.74) is 3.22. The third-order valence-electron chi connectivity index (χ3n) is 3.93. The van der Waals surface area contributed by atoms with Gasteiger partial charge < -0.3 is 20.1 Å². The number of hydrogen-bond acceptors (Lipinski definition) is 9. The van der Waals surface area contributed by atoms with Crippen molar-refractivity contribution in [1.29, 1.82) is 0 Å². The predicted molar refractivity (Wildman–Crippen MR) is 130 cm³/mol. The molecule has 0 aliphatic carbocycles. The van der Waals surface area contributed by atoms with Gasteiger partial charge in [0.15, 0.2) is 0 Å². The maximum Gasteiger partial charge on any atom is 0.408 e. The number of rotatable bonds is 11. The maximum atomic E-state index is 12.5. The SMILES string of the molecule is CCCCOC[C@H](NC(=O)OC(C)(C)C)C(=O)NNC(=O)SCC(=O)Nc1ccccc1[N+](=O)[O-]. The first-order valence-corrected chi connectivity index (χ1v) is 11.7. The third kappa shape index (κ3) is 12.6. The van der Waals surface area contributed by atoms with Crippen LogP contribution in [0.4, 0.5) is 21.0 Å². The molecule has 1 aromatic carbocycles. The summed E-state index contributed by atoms with van der Waals surface area (Å²) in [5, 5.41) is 15.0. The number of unbranched alkanes of at least 4 members (excludes halogenated alkanes) is 1. The zero-order chi connectivity index (χ0) is 26.4. The summed E-state index contributed by atoms with van der Waals surface area (Å²) in [4.78, 5) is 58.9. The van der Waals surface area contributed by atoms with Crippen molar-refractivity contribution >= 4 is 46.3 Å². The number of nitrogens with zero attached hydrogens (tertiary/aromatic N) is 1. The Bertz CT molecular complexity index is 906. The van der Waals surface area contributed by atoms with Crippen molar-refractivity contribution in [1.82, 2.24) is 16.2 Å². The van der Waals surface area contributed by atoms with Crippen LogP contribution in [0.25, 0.3) is 0 Å². The van der Waals surface area contributed by atoms with E-state index in [0.29, 0.717) is 18.4 Å². The number of carbonyl (C=O) groups excluding carboxylic acids is 4. The number of ether oxygens (including phenoxy) is 2. The number of alkyl carbamates (subject to hydrolysis) is 1. The second kappa shape index (κ2) is 14.8. The van der Waals surface area contributed by atoms with Crippen LogP contribution in [0.5, 0.6) is 0 Å². The molecule has 0 saturated carbocycles. The van der Waals surface area contributed by atoms with E-state index >= 15 is 0 Å². The number of nitro benzene ring substituents is 1. The van der Waals surface area contributed by atoms with Gasteiger partial charge >= 0.3 is 6.09 Å². The van der Waals surface area contributed by atoms with E-state index < -0.39 is 39.7 Å². The number of benzene rings is 1. The van der Waals surface area contributed by atoms with E-state index in [9.17, 15) is 29.3 Å². The van der Waals surface area contributed by atoms with Gasteiger partial charge in [0, 0.05) is 12.7 Å². The topological polar surface area (TPSA) is 178 Å². The van der Waals surface area contributed by atoms with E-state index in [1.54, 1.807) is 20.8 Å². The van der Waals surface area contributed by atoms with Crippen molar-refractivity contribution in [2.45, 2.75) is 52.2 Å². The Balaban J connectivity index is 2.56. The molecule has 0 aliphatic rings. The van der Waals surface area contributed by atoms with Gasteiger partial charge in [0.25, 0.3) is 16.8 Å². The number of hydrazine groups is 1. The van der Waals surface area contributed by atoms with Gasteiger partial charge in [0.2, 0.25) is 5.91 Å². The van der Waals surface area contributed by atoms with Gasteiger partial charge in [-0.2, -0.15) is 0 Å². The van der Waals surface area contributed by atoms with Crippen LogP contribution >= 0.6 is 11.8 Å². The van der Waals surface area contributed by atoms with Gasteiger partial charge in [-0.3, -0.25) is 35.3 Å². The van der Waals surface area contributed by atoms with Gasteiger partial charge in [-0.05, 0) is 33.3 Å². The molecule has 0 saturated heterocycles. The Labute approximate surface area is 207 Å². The van der Waals surface area contributed by atoms with E-state index in [-0.39, 0.29) is 23.7 Å². The summed E-state index contributed by atoms with van der Waals surface area (Å²) in [5.74, 6) is -1.78. The number of nitrogens with one attached hydrogen (secondary N) is 4. The molecule has 1 atom stereocenters. The highest BCUT2D eigenvalue weighted by molar-refractivity contribution is 8.14. The van der Waals surface area contributed by atoms with Crippen molar-refractivity contribution in [3.05, 3.63) is 34.4 Å². The van der Waals surface area contributed by atoms with Crippen LogP contribution in [-0.4, -0.2) is 58.7 Å². The highest BCUT2D eigenvalue weighted by Crippen LogP contribution is 2.23. The van der Waals surface area contributed by atoms with Gasteiger partial charge in [-0.1, -0.05) is 37.2 Å². The van der Waals surface area contributed by atoms with Crippen LogP contribution in [0.15, 0.2) is 24.3 Å². The molecule has 4 N–H and O–H groups in total. The molecule has 0 heterocycles. The van der Waals surface area contributed by atoms with Crippen LogP contribution in [0, 0.1) is 10.1 Å². The number of para-hydroxylation sites is 2. The quantitative estimate of drug-likeness (QED) is 0.197. The largest absolute Gasteiger partial charge is 0.444 e. The molecule has 35 heavy (non-hydrogen) atoms. The smallest absolute Gasteiger partial charge is 0.408 e. The fourth-order valence-corrected chi connectivity index (χ4v) is 2.83. The number of nitro groups is 1. The lowest BCUT2D eigenvalue weighted by Crippen LogP contribution is -2.54. The molecular formula is C21H31N5O8S. The molecule has 0 spiro atoms. The molecule has 0 radical (unpaired) electrons. The number of hydrogen-bond donors (Lipinski definition) is 4. The molecule has 1 aromatic rings. The molecule has 0 bridgehead atoms. The average Bonchev–Trinajstić information content (AvgIpc) is 2.77. The van der Waals surface area contributed by atoms with Crippen LogP contribution in [0.3, 0.4) is 0 Å². The molecule has 0 aromatic heterocycles. The second-order valence-electron chi connectivity index (χ2n) is 8.14. The number of amides is 4. The molecule has 1 rings (SSSR count). The van der Waals surface area contributed by atoms with E-state index in [1.165, 1.54) is 24.3 Å². The predicted octanol–water partition coefficient (Wildman–Crippen LogP) is 2.72. The average molecular weight is 514 g/mol. The third-order valence-corrected chi connectivity index (χ3v) is 4.70. The number of anilines is 1. The van der Waals surface area contributed by atoms with Crippen molar-refractivity contribution in [3.8, 4) is 0 Å². The van der Waals surface area contributed by atoms with E-state index in [2.05, 4.69) is 21.5 Å². The van der Waals surface area contributed by atoms with Gasteiger partial charge in [0.05, 0.1) is 17.3 Å². The van der Waals surface area contributed by atoms with Gasteiger partial charge in [-0.15, -0.1) is 0 Å². The second-order valence-corrected chi connectivity index (χ2v) is 9.09. The monoisotopic (exact) mass is 513 g/mol. The summed E-state index contributed by atoms with van der Waals surface area (Å²) in [6.07, 6.45) is 0.820. The van der Waals surface area contributed by atoms with E-state index in [0.717, 1.165) is 12.8 Å².